The standard InChI is InChI=1S/C23H24N4O2/c1-3-7-18(8-4-1)20-17-21(26-22(25-20)24-19-9-5-2-6-10-19)27-13-11-23(12-14-27)28-15-16-29-23/h1-10,17H,11-16H2,(H,24,25,26). The van der Waals surface area contributed by atoms with Gasteiger partial charge in [-0.05, 0) is 12.1 Å². The number of hydrogen-bond acceptors (Lipinski definition) is 6. The monoisotopic (exact) mass is 388 g/mol. The first-order chi connectivity index (χ1) is 14.3. The fourth-order valence-electron chi connectivity index (χ4n) is 3.92. The molecule has 148 valence electrons. The zero-order chi connectivity index (χ0) is 19.5. The van der Waals surface area contributed by atoms with Crippen LogP contribution in [0.1, 0.15) is 12.8 Å². The van der Waals surface area contributed by atoms with Gasteiger partial charge in [0, 0.05) is 43.2 Å². The van der Waals surface area contributed by atoms with Crippen molar-refractivity contribution in [1.29, 1.82) is 0 Å². The van der Waals surface area contributed by atoms with Crippen LogP contribution in [-0.2, 0) is 9.47 Å². The van der Waals surface area contributed by atoms with Crippen LogP contribution in [0.2, 0.25) is 0 Å². The van der Waals surface area contributed by atoms with Gasteiger partial charge in [0.05, 0.1) is 18.9 Å². The quantitative estimate of drug-likeness (QED) is 0.722. The molecule has 29 heavy (non-hydrogen) atoms. The Labute approximate surface area is 170 Å². The van der Waals surface area contributed by atoms with Gasteiger partial charge in [0.15, 0.2) is 5.79 Å². The number of anilines is 3. The third-order valence-corrected chi connectivity index (χ3v) is 5.47. The predicted octanol–water partition coefficient (Wildman–Crippen LogP) is 4.23. The van der Waals surface area contributed by atoms with E-state index in [4.69, 9.17) is 19.4 Å². The van der Waals surface area contributed by atoms with Gasteiger partial charge in [-0.15, -0.1) is 0 Å². The molecule has 1 N–H and O–H groups in total. The van der Waals surface area contributed by atoms with Crippen LogP contribution in [0.5, 0.6) is 0 Å². The molecule has 0 saturated carbocycles. The van der Waals surface area contributed by atoms with E-state index in [-0.39, 0.29) is 0 Å². The van der Waals surface area contributed by atoms with Gasteiger partial charge < -0.3 is 19.7 Å². The number of para-hydroxylation sites is 1. The van der Waals surface area contributed by atoms with Crippen molar-refractivity contribution in [1.82, 2.24) is 9.97 Å². The lowest BCUT2D eigenvalue weighted by Crippen LogP contribution is -2.45. The summed E-state index contributed by atoms with van der Waals surface area (Å²) in [5.74, 6) is 1.13. The highest BCUT2D eigenvalue weighted by Crippen LogP contribution is 2.34. The predicted molar refractivity (Wildman–Crippen MR) is 113 cm³/mol. The maximum atomic E-state index is 5.87. The smallest absolute Gasteiger partial charge is 0.229 e. The van der Waals surface area contributed by atoms with E-state index in [2.05, 4.69) is 28.4 Å². The summed E-state index contributed by atoms with van der Waals surface area (Å²) < 4.78 is 11.7. The summed E-state index contributed by atoms with van der Waals surface area (Å²) in [5, 5.41) is 3.34. The number of hydrogen-bond donors (Lipinski definition) is 1. The van der Waals surface area contributed by atoms with Crippen LogP contribution in [-0.4, -0.2) is 42.1 Å². The van der Waals surface area contributed by atoms with Gasteiger partial charge in [-0.3, -0.25) is 0 Å². The van der Waals surface area contributed by atoms with Crippen molar-refractivity contribution in [3.8, 4) is 11.3 Å². The molecule has 0 aliphatic carbocycles. The highest BCUT2D eigenvalue weighted by molar-refractivity contribution is 5.66. The van der Waals surface area contributed by atoms with Crippen molar-refractivity contribution in [2.75, 3.05) is 36.5 Å². The van der Waals surface area contributed by atoms with E-state index in [1.807, 2.05) is 48.5 Å². The number of ether oxygens (including phenoxy) is 2. The Morgan fingerprint density at radius 3 is 2.17 bits per heavy atom. The van der Waals surface area contributed by atoms with Crippen molar-refractivity contribution < 1.29 is 9.47 Å². The average Bonchev–Trinajstić information content (AvgIpc) is 3.23. The largest absolute Gasteiger partial charge is 0.356 e. The second-order valence-electron chi connectivity index (χ2n) is 7.39. The number of rotatable bonds is 4. The van der Waals surface area contributed by atoms with Crippen molar-refractivity contribution >= 4 is 17.5 Å². The molecule has 0 amide bonds. The maximum absolute atomic E-state index is 5.87. The lowest BCUT2D eigenvalue weighted by atomic mass is 10.0. The Morgan fingerprint density at radius 1 is 0.828 bits per heavy atom. The first kappa shape index (κ1) is 18.1. The molecule has 2 aliphatic rings. The molecule has 1 spiro atoms. The Hall–Kier alpha value is -2.96. The molecule has 2 aromatic carbocycles. The fourth-order valence-corrected chi connectivity index (χ4v) is 3.92. The van der Waals surface area contributed by atoms with Crippen molar-refractivity contribution in [3.63, 3.8) is 0 Å². The van der Waals surface area contributed by atoms with Gasteiger partial charge in [0.1, 0.15) is 5.82 Å². The third kappa shape index (κ3) is 3.95. The molecule has 3 aromatic rings. The minimum absolute atomic E-state index is 0.392. The molecule has 2 fully saturated rings. The molecular formula is C23H24N4O2. The minimum Gasteiger partial charge on any atom is -0.356 e. The molecular weight excluding hydrogens is 364 g/mol. The van der Waals surface area contributed by atoms with E-state index in [9.17, 15) is 0 Å². The van der Waals surface area contributed by atoms with Crippen LogP contribution in [0.3, 0.4) is 0 Å². The van der Waals surface area contributed by atoms with Gasteiger partial charge in [-0.2, -0.15) is 4.98 Å². The van der Waals surface area contributed by atoms with E-state index in [1.54, 1.807) is 0 Å². The maximum Gasteiger partial charge on any atom is 0.229 e. The summed E-state index contributed by atoms with van der Waals surface area (Å²) in [6.45, 7) is 3.07. The van der Waals surface area contributed by atoms with E-state index < -0.39 is 5.79 Å². The fraction of sp³-hybridized carbons (Fsp3) is 0.304. The van der Waals surface area contributed by atoms with Gasteiger partial charge >= 0.3 is 0 Å². The first-order valence-electron chi connectivity index (χ1n) is 10.1. The first-order valence-corrected chi connectivity index (χ1v) is 10.1. The molecule has 2 saturated heterocycles. The molecule has 6 heteroatoms. The van der Waals surface area contributed by atoms with Gasteiger partial charge in [0.2, 0.25) is 5.95 Å². The van der Waals surface area contributed by atoms with Crippen molar-refractivity contribution in [2.45, 2.75) is 18.6 Å². The molecule has 6 nitrogen and oxygen atoms in total. The lowest BCUT2D eigenvalue weighted by Gasteiger charge is -2.38. The molecule has 5 rings (SSSR count). The normalized spacial score (nSPS) is 18.1. The second-order valence-corrected chi connectivity index (χ2v) is 7.39. The van der Waals surface area contributed by atoms with E-state index in [0.717, 1.165) is 48.7 Å². The van der Waals surface area contributed by atoms with Crippen LogP contribution >= 0.6 is 0 Å². The number of aromatic nitrogens is 2. The zero-order valence-corrected chi connectivity index (χ0v) is 16.3. The second kappa shape index (κ2) is 7.81. The molecule has 0 atom stereocenters. The van der Waals surface area contributed by atoms with E-state index in [0.29, 0.717) is 19.2 Å². The molecule has 0 bridgehead atoms. The Morgan fingerprint density at radius 2 is 1.48 bits per heavy atom. The van der Waals surface area contributed by atoms with E-state index >= 15 is 0 Å². The van der Waals surface area contributed by atoms with Crippen LogP contribution in [0.4, 0.5) is 17.5 Å². The molecule has 0 radical (unpaired) electrons. The number of nitrogens with one attached hydrogen (secondary N) is 1. The Bertz CT molecular complexity index is 949. The van der Waals surface area contributed by atoms with Gasteiger partial charge in [-0.1, -0.05) is 48.5 Å². The van der Waals surface area contributed by atoms with Crippen LogP contribution in [0.25, 0.3) is 11.3 Å². The number of nitrogens with zero attached hydrogens (tertiary/aromatic N) is 3. The molecule has 3 heterocycles. The lowest BCUT2D eigenvalue weighted by molar-refractivity contribution is -0.169. The van der Waals surface area contributed by atoms with Gasteiger partial charge in [-0.25, -0.2) is 4.98 Å². The molecule has 2 aliphatic heterocycles. The van der Waals surface area contributed by atoms with Crippen molar-refractivity contribution in [2.24, 2.45) is 0 Å². The summed E-state index contributed by atoms with van der Waals surface area (Å²) >= 11 is 0. The SMILES string of the molecule is c1ccc(Nc2nc(-c3ccccc3)cc(N3CCC4(CC3)OCCO4)n2)cc1. The summed E-state index contributed by atoms with van der Waals surface area (Å²) in [6, 6.07) is 22.3. The van der Waals surface area contributed by atoms with Crippen LogP contribution in [0, 0.1) is 0 Å². The van der Waals surface area contributed by atoms with Gasteiger partial charge in [0.25, 0.3) is 0 Å². The van der Waals surface area contributed by atoms with Crippen LogP contribution < -0.4 is 10.2 Å². The summed E-state index contributed by atoms with van der Waals surface area (Å²) in [7, 11) is 0. The Balaban J connectivity index is 1.45. The number of piperidine rings is 1. The summed E-state index contributed by atoms with van der Waals surface area (Å²) in [4.78, 5) is 11.9. The number of benzene rings is 2. The third-order valence-electron chi connectivity index (χ3n) is 5.47. The highest BCUT2D eigenvalue weighted by Gasteiger charge is 2.40. The minimum atomic E-state index is -0.392. The summed E-state index contributed by atoms with van der Waals surface area (Å²) in [5.41, 5.74) is 2.94. The van der Waals surface area contributed by atoms with Crippen molar-refractivity contribution in [3.05, 3.63) is 66.7 Å². The average molecular weight is 388 g/mol. The highest BCUT2D eigenvalue weighted by atomic mass is 16.7. The zero-order valence-electron chi connectivity index (χ0n) is 16.3. The molecule has 1 aromatic heterocycles. The van der Waals surface area contributed by atoms with E-state index in [1.165, 1.54) is 0 Å². The Kier molecular flexibility index (Phi) is 4.87. The topological polar surface area (TPSA) is 59.5 Å². The molecule has 0 unspecified atom stereocenters. The van der Waals surface area contributed by atoms with Crippen LogP contribution in [0.15, 0.2) is 66.7 Å². The summed E-state index contributed by atoms with van der Waals surface area (Å²) in [6.07, 6.45) is 1.69.